The molecule has 0 radical (unpaired) electrons. The van der Waals surface area contributed by atoms with Gasteiger partial charge in [0.2, 0.25) is 10.0 Å². The molecule has 2 aliphatic heterocycles. The van der Waals surface area contributed by atoms with Gasteiger partial charge in [-0.05, 0) is 36.1 Å². The Labute approximate surface area is 184 Å². The average molecular weight is 443 g/mol. The molecule has 0 unspecified atom stereocenters. The van der Waals surface area contributed by atoms with Crippen molar-refractivity contribution in [2.45, 2.75) is 37.8 Å². The third-order valence-corrected chi connectivity index (χ3v) is 7.06. The standard InChI is InChI=1S/C23H30N4O3S/c1-5-12-30-16-20(13-18(2)3)26(4)31(28,29)21-8-6-19(7-9-21)14-27-11-10-22-23(15-27)25-17-24-22/h5-11,15,17-18,20H,1,12-14,16H2,2-4H3/t20-/m1/s1. The summed E-state index contributed by atoms with van der Waals surface area (Å²) in [6, 6.07) is 8.71. The molecule has 2 heterocycles. The fraction of sp³-hybridized carbons (Fsp3) is 0.391. The fourth-order valence-electron chi connectivity index (χ4n) is 3.47. The molecule has 0 aliphatic carbocycles. The summed E-state index contributed by atoms with van der Waals surface area (Å²) in [5.41, 5.74) is 2.69. The molecule has 0 spiro atoms. The smallest absolute Gasteiger partial charge is 0.243 e. The number of imidazole rings is 1. The van der Waals surface area contributed by atoms with Crippen LogP contribution in [0.15, 0.2) is 66.6 Å². The zero-order valence-electron chi connectivity index (χ0n) is 18.3. The van der Waals surface area contributed by atoms with Crippen LogP contribution in [-0.2, 0) is 21.3 Å². The molecule has 0 saturated heterocycles. The second kappa shape index (κ2) is 10.2. The molecule has 0 bridgehead atoms. The number of ether oxygens (including phenoxy) is 1. The van der Waals surface area contributed by atoms with Crippen LogP contribution in [0, 0.1) is 5.92 Å². The third-order valence-electron chi connectivity index (χ3n) is 5.14. The molecule has 2 aliphatic rings. The minimum atomic E-state index is -3.63. The first kappa shape index (κ1) is 23.1. The van der Waals surface area contributed by atoms with E-state index in [1.54, 1.807) is 31.6 Å². The van der Waals surface area contributed by atoms with E-state index in [4.69, 9.17) is 4.74 Å². The second-order valence-corrected chi connectivity index (χ2v) is 10.0. The van der Waals surface area contributed by atoms with Crippen molar-refractivity contribution >= 4 is 10.0 Å². The number of likely N-dealkylation sites (N-methyl/N-ethyl adjacent to an activating group) is 1. The van der Waals surface area contributed by atoms with Crippen LogP contribution in [0.5, 0.6) is 0 Å². The van der Waals surface area contributed by atoms with E-state index in [0.717, 1.165) is 17.0 Å². The lowest BCUT2D eigenvalue weighted by Crippen LogP contribution is -2.41. The molecule has 1 aromatic carbocycles. The second-order valence-electron chi connectivity index (χ2n) is 8.04. The molecule has 8 heteroatoms. The highest BCUT2D eigenvalue weighted by atomic mass is 32.2. The zero-order chi connectivity index (χ0) is 22.4. The van der Waals surface area contributed by atoms with Gasteiger partial charge in [-0.2, -0.15) is 4.31 Å². The number of nitrogens with zero attached hydrogens (tertiary/aromatic N) is 4. The summed E-state index contributed by atoms with van der Waals surface area (Å²) in [4.78, 5) is 8.66. The Morgan fingerprint density at radius 3 is 2.55 bits per heavy atom. The van der Waals surface area contributed by atoms with Crippen LogP contribution in [0.2, 0.25) is 0 Å². The van der Waals surface area contributed by atoms with E-state index in [9.17, 15) is 8.42 Å². The summed E-state index contributed by atoms with van der Waals surface area (Å²) in [6.45, 7) is 9.15. The molecule has 166 valence electrons. The predicted molar refractivity (Wildman–Crippen MR) is 121 cm³/mol. The lowest BCUT2D eigenvalue weighted by atomic mass is 10.0. The number of hydrogen-bond donors (Lipinski definition) is 0. The van der Waals surface area contributed by atoms with Crippen LogP contribution in [0.4, 0.5) is 0 Å². The van der Waals surface area contributed by atoms with E-state index in [-0.39, 0.29) is 10.9 Å². The van der Waals surface area contributed by atoms with E-state index in [0.29, 0.717) is 32.1 Å². The highest BCUT2D eigenvalue weighted by Crippen LogP contribution is 2.22. The van der Waals surface area contributed by atoms with Crippen molar-refractivity contribution in [2.24, 2.45) is 5.92 Å². The first-order valence-corrected chi connectivity index (χ1v) is 11.8. The summed E-state index contributed by atoms with van der Waals surface area (Å²) in [5, 5.41) is 0. The summed E-state index contributed by atoms with van der Waals surface area (Å²) in [5.74, 6) is 0.346. The molecule has 31 heavy (non-hydrogen) atoms. The molecule has 0 amide bonds. The van der Waals surface area contributed by atoms with E-state index >= 15 is 0 Å². The van der Waals surface area contributed by atoms with Crippen molar-refractivity contribution in [3.8, 4) is 11.4 Å². The lowest BCUT2D eigenvalue weighted by molar-refractivity contribution is 0.106. The topological polar surface area (TPSA) is 77.3 Å². The van der Waals surface area contributed by atoms with Crippen LogP contribution >= 0.6 is 0 Å². The molecule has 0 saturated carbocycles. The molecule has 0 fully saturated rings. The van der Waals surface area contributed by atoms with Crippen LogP contribution in [0.3, 0.4) is 0 Å². The van der Waals surface area contributed by atoms with Gasteiger partial charge in [-0.1, -0.05) is 32.1 Å². The van der Waals surface area contributed by atoms with Gasteiger partial charge >= 0.3 is 0 Å². The van der Waals surface area contributed by atoms with Gasteiger partial charge in [0.05, 0.1) is 23.8 Å². The molecule has 0 N–H and O–H groups in total. The van der Waals surface area contributed by atoms with Crippen molar-refractivity contribution in [3.63, 3.8) is 0 Å². The number of sulfonamides is 1. The molecular weight excluding hydrogens is 412 g/mol. The Hall–Kier alpha value is -2.55. The Bertz CT molecular complexity index is 1060. The van der Waals surface area contributed by atoms with Crippen molar-refractivity contribution in [1.82, 2.24) is 18.8 Å². The van der Waals surface area contributed by atoms with E-state index in [2.05, 4.69) is 30.4 Å². The zero-order valence-corrected chi connectivity index (χ0v) is 19.1. The number of pyridine rings is 1. The fourth-order valence-corrected chi connectivity index (χ4v) is 4.82. The Balaban J connectivity index is 1.74. The van der Waals surface area contributed by atoms with E-state index in [1.807, 2.05) is 35.2 Å². The van der Waals surface area contributed by atoms with Crippen LogP contribution in [0.1, 0.15) is 25.8 Å². The molecule has 3 rings (SSSR count). The number of fused-ring (bicyclic) bond motifs is 1. The van der Waals surface area contributed by atoms with Gasteiger partial charge in [0, 0.05) is 32.0 Å². The first-order chi connectivity index (χ1) is 14.8. The SMILES string of the molecule is C=CCOC[C@@H](CC(C)C)N(C)S(=O)(=O)c1ccc(Cn2ccc3ncnc-3c2)cc1. The minimum Gasteiger partial charge on any atom is -0.376 e. The van der Waals surface area contributed by atoms with Gasteiger partial charge in [-0.15, -0.1) is 6.58 Å². The van der Waals surface area contributed by atoms with Crippen molar-refractivity contribution in [1.29, 1.82) is 0 Å². The van der Waals surface area contributed by atoms with Crippen LogP contribution < -0.4 is 0 Å². The normalized spacial score (nSPS) is 13.2. The van der Waals surface area contributed by atoms with Gasteiger partial charge in [0.15, 0.2) is 0 Å². The monoisotopic (exact) mass is 442 g/mol. The van der Waals surface area contributed by atoms with Crippen molar-refractivity contribution < 1.29 is 13.2 Å². The van der Waals surface area contributed by atoms with Crippen LogP contribution in [0.25, 0.3) is 11.4 Å². The third kappa shape index (κ3) is 5.78. The molecule has 1 atom stereocenters. The summed E-state index contributed by atoms with van der Waals surface area (Å²) >= 11 is 0. The Kier molecular flexibility index (Phi) is 7.59. The lowest BCUT2D eigenvalue weighted by Gasteiger charge is -2.28. The highest BCUT2D eigenvalue weighted by Gasteiger charge is 2.28. The van der Waals surface area contributed by atoms with Crippen LogP contribution in [-0.4, -0.2) is 53.6 Å². The minimum absolute atomic E-state index is 0.238. The van der Waals surface area contributed by atoms with Gasteiger partial charge in [0.1, 0.15) is 12.0 Å². The van der Waals surface area contributed by atoms with Gasteiger partial charge in [0.25, 0.3) is 0 Å². The van der Waals surface area contributed by atoms with Gasteiger partial charge in [-0.25, -0.2) is 18.4 Å². The van der Waals surface area contributed by atoms with E-state index < -0.39 is 10.0 Å². The van der Waals surface area contributed by atoms with E-state index in [1.165, 1.54) is 4.31 Å². The number of benzene rings is 1. The summed E-state index contributed by atoms with van der Waals surface area (Å²) < 4.78 is 35.4. The Morgan fingerprint density at radius 2 is 1.87 bits per heavy atom. The van der Waals surface area contributed by atoms with Gasteiger partial charge < -0.3 is 9.30 Å². The highest BCUT2D eigenvalue weighted by molar-refractivity contribution is 7.89. The van der Waals surface area contributed by atoms with Crippen molar-refractivity contribution in [3.05, 3.63) is 67.3 Å². The quantitative estimate of drug-likeness (QED) is 0.334. The number of rotatable bonds is 11. The summed E-state index contributed by atoms with van der Waals surface area (Å²) in [6.07, 6.45) is 7.80. The molecule has 1 aromatic rings. The predicted octanol–water partition coefficient (Wildman–Crippen LogP) is 3.67. The number of hydrogen-bond acceptors (Lipinski definition) is 5. The average Bonchev–Trinajstić information content (AvgIpc) is 3.20. The molecule has 0 aromatic heterocycles. The first-order valence-electron chi connectivity index (χ1n) is 10.3. The maximum atomic E-state index is 13.2. The molecule has 7 nitrogen and oxygen atoms in total. The maximum Gasteiger partial charge on any atom is 0.243 e. The van der Waals surface area contributed by atoms with Crippen molar-refractivity contribution in [2.75, 3.05) is 20.3 Å². The summed E-state index contributed by atoms with van der Waals surface area (Å²) in [7, 11) is -2.00. The molecular formula is C23H30N4O3S. The Morgan fingerprint density at radius 1 is 1.16 bits per heavy atom. The maximum absolute atomic E-state index is 13.2. The largest absolute Gasteiger partial charge is 0.376 e. The van der Waals surface area contributed by atoms with Gasteiger partial charge in [-0.3, -0.25) is 0 Å². The number of aromatic nitrogens is 3.